The number of carbonyl (C=O) groups excluding carboxylic acids is 3. The molecule has 1 saturated heterocycles. The Morgan fingerprint density at radius 3 is 2.42 bits per heavy atom. The normalized spacial score (nSPS) is 19.7. The van der Waals surface area contributed by atoms with Crippen molar-refractivity contribution in [2.45, 2.75) is 12.5 Å². The molecule has 2 aliphatic rings. The molecular formula is C19H18N2O5. The molecule has 0 N–H and O–H groups in total. The minimum atomic E-state index is -0.801. The summed E-state index contributed by atoms with van der Waals surface area (Å²) in [6.07, 6.45) is 1.04. The molecule has 2 aromatic rings. The lowest BCUT2D eigenvalue weighted by Gasteiger charge is -2.36. The second-order valence-corrected chi connectivity index (χ2v) is 6.35. The molecule has 1 fully saturated rings. The summed E-state index contributed by atoms with van der Waals surface area (Å²) in [5.74, 6) is -0.558. The van der Waals surface area contributed by atoms with Gasteiger partial charge < -0.3 is 19.0 Å². The SMILES string of the molecule is O=C1O[C@@H](C(=O)N2CCN(C(=O)c3ccco3)CC2)Cc2ccccc21. The van der Waals surface area contributed by atoms with Crippen molar-refractivity contribution in [1.29, 1.82) is 0 Å². The van der Waals surface area contributed by atoms with Crippen molar-refractivity contribution in [2.24, 2.45) is 0 Å². The Kier molecular flexibility index (Phi) is 4.20. The Bertz CT molecular complexity index is 837. The van der Waals surface area contributed by atoms with E-state index >= 15 is 0 Å². The second-order valence-electron chi connectivity index (χ2n) is 6.35. The summed E-state index contributed by atoms with van der Waals surface area (Å²) in [7, 11) is 0. The van der Waals surface area contributed by atoms with E-state index in [4.69, 9.17) is 9.15 Å². The highest BCUT2D eigenvalue weighted by Gasteiger charge is 2.35. The van der Waals surface area contributed by atoms with Gasteiger partial charge >= 0.3 is 5.97 Å². The smallest absolute Gasteiger partial charge is 0.339 e. The Hall–Kier alpha value is -3.09. The molecule has 2 aliphatic heterocycles. The molecule has 26 heavy (non-hydrogen) atoms. The summed E-state index contributed by atoms with van der Waals surface area (Å²) in [6.45, 7) is 1.65. The van der Waals surface area contributed by atoms with Crippen LogP contribution in [0.5, 0.6) is 0 Å². The third-order valence-corrected chi connectivity index (χ3v) is 4.78. The molecule has 134 valence electrons. The van der Waals surface area contributed by atoms with Crippen molar-refractivity contribution >= 4 is 17.8 Å². The highest BCUT2D eigenvalue weighted by Crippen LogP contribution is 2.22. The summed E-state index contributed by atoms with van der Waals surface area (Å²) in [6, 6.07) is 10.5. The van der Waals surface area contributed by atoms with Gasteiger partial charge in [-0.05, 0) is 23.8 Å². The van der Waals surface area contributed by atoms with E-state index in [-0.39, 0.29) is 11.8 Å². The average molecular weight is 354 g/mol. The fourth-order valence-corrected chi connectivity index (χ4v) is 3.36. The number of cyclic esters (lactones) is 1. The highest BCUT2D eigenvalue weighted by molar-refractivity contribution is 5.96. The van der Waals surface area contributed by atoms with Crippen LogP contribution in [0, 0.1) is 0 Å². The number of hydrogen-bond acceptors (Lipinski definition) is 5. The molecule has 0 unspecified atom stereocenters. The quantitative estimate of drug-likeness (QED) is 0.761. The number of hydrogen-bond donors (Lipinski definition) is 0. The number of amides is 2. The van der Waals surface area contributed by atoms with E-state index in [2.05, 4.69) is 0 Å². The lowest BCUT2D eigenvalue weighted by atomic mass is 9.98. The summed E-state index contributed by atoms with van der Waals surface area (Å²) < 4.78 is 10.5. The largest absolute Gasteiger partial charge is 0.459 e. The number of benzene rings is 1. The van der Waals surface area contributed by atoms with Crippen LogP contribution in [0.3, 0.4) is 0 Å². The van der Waals surface area contributed by atoms with Crippen molar-refractivity contribution in [2.75, 3.05) is 26.2 Å². The van der Waals surface area contributed by atoms with Gasteiger partial charge in [-0.1, -0.05) is 18.2 Å². The fraction of sp³-hybridized carbons (Fsp3) is 0.316. The van der Waals surface area contributed by atoms with Crippen LogP contribution >= 0.6 is 0 Å². The van der Waals surface area contributed by atoms with E-state index in [1.54, 1.807) is 34.1 Å². The summed E-state index contributed by atoms with van der Waals surface area (Å²) in [5.41, 5.74) is 1.35. The zero-order valence-corrected chi connectivity index (χ0v) is 14.1. The van der Waals surface area contributed by atoms with E-state index in [0.717, 1.165) is 5.56 Å². The molecule has 0 saturated carbocycles. The minimum Gasteiger partial charge on any atom is -0.459 e. The first-order valence-corrected chi connectivity index (χ1v) is 8.54. The molecule has 7 nitrogen and oxygen atoms in total. The predicted molar refractivity (Wildman–Crippen MR) is 90.5 cm³/mol. The van der Waals surface area contributed by atoms with Crippen LogP contribution in [0.1, 0.15) is 26.5 Å². The van der Waals surface area contributed by atoms with Crippen molar-refractivity contribution < 1.29 is 23.5 Å². The van der Waals surface area contributed by atoms with Crippen LogP contribution in [0.4, 0.5) is 0 Å². The summed E-state index contributed by atoms with van der Waals surface area (Å²) >= 11 is 0. The number of rotatable bonds is 2. The number of ether oxygens (including phenoxy) is 1. The Balaban J connectivity index is 1.38. The zero-order valence-electron chi connectivity index (χ0n) is 14.1. The average Bonchev–Trinajstić information content (AvgIpc) is 3.22. The molecule has 7 heteroatoms. The summed E-state index contributed by atoms with van der Waals surface area (Å²) in [5, 5.41) is 0. The molecule has 3 heterocycles. The van der Waals surface area contributed by atoms with Gasteiger partial charge in [0.25, 0.3) is 11.8 Å². The molecule has 0 radical (unpaired) electrons. The van der Waals surface area contributed by atoms with E-state index in [9.17, 15) is 14.4 Å². The van der Waals surface area contributed by atoms with Crippen LogP contribution in [0.2, 0.25) is 0 Å². The molecule has 0 aliphatic carbocycles. The predicted octanol–water partition coefficient (Wildman–Crippen LogP) is 1.35. The van der Waals surface area contributed by atoms with Crippen molar-refractivity contribution in [3.63, 3.8) is 0 Å². The van der Waals surface area contributed by atoms with Gasteiger partial charge in [-0.3, -0.25) is 9.59 Å². The van der Waals surface area contributed by atoms with E-state index in [1.165, 1.54) is 6.26 Å². The van der Waals surface area contributed by atoms with Gasteiger partial charge in [-0.15, -0.1) is 0 Å². The van der Waals surface area contributed by atoms with Gasteiger partial charge in [0.15, 0.2) is 11.9 Å². The maximum absolute atomic E-state index is 12.7. The first-order valence-electron chi connectivity index (χ1n) is 8.54. The van der Waals surface area contributed by atoms with Gasteiger partial charge in [-0.2, -0.15) is 0 Å². The Morgan fingerprint density at radius 2 is 1.69 bits per heavy atom. The van der Waals surface area contributed by atoms with Crippen LogP contribution in [0.25, 0.3) is 0 Å². The molecule has 2 amide bonds. The van der Waals surface area contributed by atoms with Crippen molar-refractivity contribution in [1.82, 2.24) is 9.80 Å². The fourth-order valence-electron chi connectivity index (χ4n) is 3.36. The Labute approximate surface area is 150 Å². The lowest BCUT2D eigenvalue weighted by molar-refractivity contribution is -0.142. The number of nitrogens with zero attached hydrogens (tertiary/aromatic N) is 2. The van der Waals surface area contributed by atoms with Crippen LogP contribution in [0.15, 0.2) is 47.1 Å². The number of piperazine rings is 1. The topological polar surface area (TPSA) is 80.1 Å². The van der Waals surface area contributed by atoms with Gasteiger partial charge in [-0.25, -0.2) is 4.79 Å². The van der Waals surface area contributed by atoms with E-state index in [1.807, 2.05) is 12.1 Å². The van der Waals surface area contributed by atoms with Crippen molar-refractivity contribution in [3.05, 3.63) is 59.5 Å². The number of esters is 1. The zero-order chi connectivity index (χ0) is 18.1. The van der Waals surface area contributed by atoms with Gasteiger partial charge in [0.05, 0.1) is 11.8 Å². The lowest BCUT2D eigenvalue weighted by Crippen LogP contribution is -2.54. The first kappa shape index (κ1) is 16.4. The van der Waals surface area contributed by atoms with Crippen LogP contribution in [-0.2, 0) is 16.0 Å². The monoisotopic (exact) mass is 354 g/mol. The second kappa shape index (κ2) is 6.67. The molecule has 0 spiro atoms. The molecule has 0 bridgehead atoms. The number of furan rings is 1. The third-order valence-electron chi connectivity index (χ3n) is 4.78. The van der Waals surface area contributed by atoms with Crippen LogP contribution in [-0.4, -0.2) is 59.9 Å². The van der Waals surface area contributed by atoms with E-state index in [0.29, 0.717) is 43.9 Å². The molecule has 4 rings (SSSR count). The number of fused-ring (bicyclic) bond motifs is 1. The first-order chi connectivity index (χ1) is 12.6. The standard InChI is InChI=1S/C19H18N2O5/c22-17(15-6-3-11-25-15)20-7-9-21(10-8-20)18(23)16-12-13-4-1-2-5-14(13)19(24)26-16/h1-6,11,16H,7-10,12H2/t16-/m1/s1. The molecule has 1 aromatic heterocycles. The van der Waals surface area contributed by atoms with Gasteiger partial charge in [0.2, 0.25) is 0 Å². The van der Waals surface area contributed by atoms with Gasteiger partial charge in [0, 0.05) is 32.6 Å². The van der Waals surface area contributed by atoms with E-state index < -0.39 is 12.1 Å². The molecule has 1 atom stereocenters. The molecular weight excluding hydrogens is 336 g/mol. The van der Waals surface area contributed by atoms with Gasteiger partial charge in [0.1, 0.15) is 0 Å². The minimum absolute atomic E-state index is 0.180. The molecule has 1 aromatic carbocycles. The highest BCUT2D eigenvalue weighted by atomic mass is 16.5. The van der Waals surface area contributed by atoms with Crippen LogP contribution < -0.4 is 0 Å². The Morgan fingerprint density at radius 1 is 0.962 bits per heavy atom. The maximum atomic E-state index is 12.7. The number of carbonyl (C=O) groups is 3. The summed E-state index contributed by atoms with van der Waals surface area (Å²) in [4.78, 5) is 40.4. The third kappa shape index (κ3) is 2.96. The maximum Gasteiger partial charge on any atom is 0.339 e. The van der Waals surface area contributed by atoms with Crippen molar-refractivity contribution in [3.8, 4) is 0 Å².